The number of thiophene rings is 1. The van der Waals surface area contributed by atoms with Gasteiger partial charge in [-0.1, -0.05) is 38.7 Å². The normalized spacial score (nSPS) is 26.9. The van der Waals surface area contributed by atoms with Gasteiger partial charge in [0, 0.05) is 10.9 Å². The van der Waals surface area contributed by atoms with Gasteiger partial charge in [-0.25, -0.2) is 0 Å². The lowest BCUT2D eigenvalue weighted by Gasteiger charge is -2.32. The first-order chi connectivity index (χ1) is 8.29. The summed E-state index contributed by atoms with van der Waals surface area (Å²) in [5, 5.41) is 2.15. The SMILES string of the molecule is CCCC1CCC(C(N)Cc2cccs2)CC1. The Labute approximate surface area is 109 Å². The van der Waals surface area contributed by atoms with Crippen molar-refractivity contribution in [3.05, 3.63) is 22.4 Å². The summed E-state index contributed by atoms with van der Waals surface area (Å²) in [7, 11) is 0. The minimum atomic E-state index is 0.385. The standard InChI is InChI=1S/C15H25NS/c1-2-4-12-6-8-13(9-7-12)15(16)11-14-5-3-10-17-14/h3,5,10,12-13,15H,2,4,6-9,11,16H2,1H3. The van der Waals surface area contributed by atoms with E-state index < -0.39 is 0 Å². The number of hydrogen-bond acceptors (Lipinski definition) is 2. The van der Waals surface area contributed by atoms with Gasteiger partial charge in [-0.15, -0.1) is 11.3 Å². The van der Waals surface area contributed by atoms with Crippen LogP contribution in [0.5, 0.6) is 0 Å². The van der Waals surface area contributed by atoms with Gasteiger partial charge in [-0.3, -0.25) is 0 Å². The Bertz CT molecular complexity index is 299. The summed E-state index contributed by atoms with van der Waals surface area (Å²) in [6.45, 7) is 2.30. The van der Waals surface area contributed by atoms with Crippen molar-refractivity contribution in [3.8, 4) is 0 Å². The minimum absolute atomic E-state index is 0.385. The highest BCUT2D eigenvalue weighted by Gasteiger charge is 2.25. The molecule has 1 aliphatic carbocycles. The van der Waals surface area contributed by atoms with Crippen LogP contribution in [0.3, 0.4) is 0 Å². The molecule has 1 saturated carbocycles. The van der Waals surface area contributed by atoms with E-state index in [1.54, 1.807) is 0 Å². The molecule has 2 rings (SSSR count). The lowest BCUT2D eigenvalue weighted by atomic mass is 9.76. The molecule has 0 saturated heterocycles. The lowest BCUT2D eigenvalue weighted by Crippen LogP contribution is -2.34. The fourth-order valence-electron chi connectivity index (χ4n) is 3.14. The van der Waals surface area contributed by atoms with Gasteiger partial charge in [-0.2, -0.15) is 0 Å². The van der Waals surface area contributed by atoms with Crippen molar-refractivity contribution in [1.29, 1.82) is 0 Å². The Hall–Kier alpha value is -0.340. The maximum atomic E-state index is 6.37. The predicted molar refractivity (Wildman–Crippen MR) is 76.4 cm³/mol. The fourth-order valence-corrected chi connectivity index (χ4v) is 3.92. The predicted octanol–water partition coefficient (Wildman–Crippen LogP) is 4.22. The molecule has 17 heavy (non-hydrogen) atoms. The first kappa shape index (κ1) is 13.1. The quantitative estimate of drug-likeness (QED) is 0.833. The largest absolute Gasteiger partial charge is 0.327 e. The summed E-state index contributed by atoms with van der Waals surface area (Å²) in [5.74, 6) is 1.76. The van der Waals surface area contributed by atoms with E-state index in [2.05, 4.69) is 24.4 Å². The van der Waals surface area contributed by atoms with Gasteiger partial charge in [-0.05, 0) is 42.5 Å². The van der Waals surface area contributed by atoms with E-state index in [-0.39, 0.29) is 0 Å². The van der Waals surface area contributed by atoms with Gasteiger partial charge in [0.25, 0.3) is 0 Å². The zero-order chi connectivity index (χ0) is 12.1. The highest BCUT2D eigenvalue weighted by atomic mass is 32.1. The van der Waals surface area contributed by atoms with Crippen LogP contribution in [-0.2, 0) is 6.42 Å². The second-order valence-corrected chi connectivity index (χ2v) is 6.55. The van der Waals surface area contributed by atoms with Crippen LogP contribution in [0.2, 0.25) is 0 Å². The van der Waals surface area contributed by atoms with E-state index >= 15 is 0 Å². The molecule has 0 bridgehead atoms. The first-order valence-corrected chi connectivity index (χ1v) is 7.95. The lowest BCUT2D eigenvalue weighted by molar-refractivity contribution is 0.233. The van der Waals surface area contributed by atoms with Crippen LogP contribution < -0.4 is 5.73 Å². The van der Waals surface area contributed by atoms with Gasteiger partial charge in [0.05, 0.1) is 0 Å². The molecule has 2 heteroatoms. The van der Waals surface area contributed by atoms with Gasteiger partial charge < -0.3 is 5.73 Å². The third-order valence-electron chi connectivity index (χ3n) is 4.21. The van der Waals surface area contributed by atoms with Crippen molar-refractivity contribution in [1.82, 2.24) is 0 Å². The van der Waals surface area contributed by atoms with Gasteiger partial charge in [0.15, 0.2) is 0 Å². The number of hydrogen-bond donors (Lipinski definition) is 1. The molecular weight excluding hydrogens is 226 g/mol. The van der Waals surface area contributed by atoms with Crippen molar-refractivity contribution in [2.75, 3.05) is 0 Å². The molecule has 1 fully saturated rings. The van der Waals surface area contributed by atoms with Crippen LogP contribution in [0.15, 0.2) is 17.5 Å². The van der Waals surface area contributed by atoms with E-state index in [9.17, 15) is 0 Å². The molecule has 96 valence electrons. The van der Waals surface area contributed by atoms with E-state index in [1.807, 2.05) is 11.3 Å². The molecule has 0 radical (unpaired) electrons. The highest BCUT2D eigenvalue weighted by Crippen LogP contribution is 2.33. The maximum absolute atomic E-state index is 6.37. The van der Waals surface area contributed by atoms with Crippen LogP contribution in [0.25, 0.3) is 0 Å². The second kappa shape index (κ2) is 6.55. The molecule has 0 aromatic carbocycles. The summed E-state index contributed by atoms with van der Waals surface area (Å²) in [6, 6.07) is 4.73. The highest BCUT2D eigenvalue weighted by molar-refractivity contribution is 7.09. The molecule has 0 aliphatic heterocycles. The Morgan fingerprint density at radius 1 is 1.35 bits per heavy atom. The number of nitrogens with two attached hydrogens (primary N) is 1. The van der Waals surface area contributed by atoms with E-state index in [0.717, 1.165) is 18.3 Å². The molecule has 1 aromatic heterocycles. The first-order valence-electron chi connectivity index (χ1n) is 7.07. The Kier molecular flexibility index (Phi) is 5.05. The molecule has 1 atom stereocenters. The molecular formula is C15H25NS. The van der Waals surface area contributed by atoms with Crippen LogP contribution >= 0.6 is 11.3 Å². The Balaban J connectivity index is 1.76. The smallest absolute Gasteiger partial charge is 0.0116 e. The summed E-state index contributed by atoms with van der Waals surface area (Å²) in [4.78, 5) is 1.45. The van der Waals surface area contributed by atoms with Crippen LogP contribution in [-0.4, -0.2) is 6.04 Å². The summed E-state index contributed by atoms with van der Waals surface area (Å²) in [6.07, 6.45) is 9.39. The van der Waals surface area contributed by atoms with E-state index in [0.29, 0.717) is 6.04 Å². The van der Waals surface area contributed by atoms with Crippen molar-refractivity contribution in [3.63, 3.8) is 0 Å². The topological polar surface area (TPSA) is 26.0 Å². The molecule has 0 amide bonds. The summed E-state index contributed by atoms with van der Waals surface area (Å²) < 4.78 is 0. The van der Waals surface area contributed by atoms with Gasteiger partial charge in [0.2, 0.25) is 0 Å². The average Bonchev–Trinajstić information content (AvgIpc) is 2.83. The summed E-state index contributed by atoms with van der Waals surface area (Å²) >= 11 is 1.84. The number of rotatable bonds is 5. The second-order valence-electron chi connectivity index (χ2n) is 5.52. The van der Waals surface area contributed by atoms with Gasteiger partial charge in [0.1, 0.15) is 0 Å². The van der Waals surface area contributed by atoms with Crippen molar-refractivity contribution < 1.29 is 0 Å². The molecule has 1 nitrogen and oxygen atoms in total. The maximum Gasteiger partial charge on any atom is 0.0116 e. The van der Waals surface area contributed by atoms with Gasteiger partial charge >= 0.3 is 0 Å². The average molecular weight is 251 g/mol. The zero-order valence-electron chi connectivity index (χ0n) is 10.9. The Morgan fingerprint density at radius 2 is 2.12 bits per heavy atom. The summed E-state index contributed by atoms with van der Waals surface area (Å²) in [5.41, 5.74) is 6.37. The minimum Gasteiger partial charge on any atom is -0.327 e. The zero-order valence-corrected chi connectivity index (χ0v) is 11.7. The van der Waals surface area contributed by atoms with Crippen LogP contribution in [0.4, 0.5) is 0 Å². The van der Waals surface area contributed by atoms with Crippen molar-refractivity contribution in [2.24, 2.45) is 17.6 Å². The molecule has 2 N–H and O–H groups in total. The molecule has 1 aromatic rings. The molecule has 1 unspecified atom stereocenters. The molecule has 1 aliphatic rings. The third kappa shape index (κ3) is 3.82. The van der Waals surface area contributed by atoms with Crippen LogP contribution in [0.1, 0.15) is 50.3 Å². The van der Waals surface area contributed by atoms with Crippen LogP contribution in [0, 0.1) is 11.8 Å². The Morgan fingerprint density at radius 3 is 2.71 bits per heavy atom. The monoisotopic (exact) mass is 251 g/mol. The third-order valence-corrected chi connectivity index (χ3v) is 5.11. The molecule has 0 spiro atoms. The van der Waals surface area contributed by atoms with Crippen molar-refractivity contribution >= 4 is 11.3 Å². The van der Waals surface area contributed by atoms with E-state index in [4.69, 9.17) is 5.73 Å². The molecule has 1 heterocycles. The fraction of sp³-hybridized carbons (Fsp3) is 0.733. The van der Waals surface area contributed by atoms with Crippen molar-refractivity contribution in [2.45, 2.75) is 57.9 Å². The van der Waals surface area contributed by atoms with E-state index in [1.165, 1.54) is 43.4 Å².